The van der Waals surface area contributed by atoms with Gasteiger partial charge in [-0.15, -0.1) is 11.8 Å². The summed E-state index contributed by atoms with van der Waals surface area (Å²) in [7, 11) is 0. The molecule has 182 valence electrons. The Morgan fingerprint density at radius 2 is 1.54 bits per heavy atom. The fourth-order valence-electron chi connectivity index (χ4n) is 3.95. The lowest BCUT2D eigenvalue weighted by atomic mass is 9.95. The van der Waals surface area contributed by atoms with E-state index in [1.807, 2.05) is 92.4 Å². The van der Waals surface area contributed by atoms with Gasteiger partial charge in [-0.05, 0) is 42.0 Å². The summed E-state index contributed by atoms with van der Waals surface area (Å²) in [5, 5.41) is 3.05. The molecule has 0 aromatic heterocycles. The summed E-state index contributed by atoms with van der Waals surface area (Å²) < 4.78 is 0. The van der Waals surface area contributed by atoms with Crippen molar-refractivity contribution in [1.82, 2.24) is 4.90 Å². The Hall–Kier alpha value is -3.25. The molecular formula is C29H33N3O2S. The topological polar surface area (TPSA) is 52.7 Å². The van der Waals surface area contributed by atoms with Crippen LogP contribution in [0.25, 0.3) is 0 Å². The Kier molecular flexibility index (Phi) is 7.81. The molecule has 1 aliphatic rings. The van der Waals surface area contributed by atoms with Crippen molar-refractivity contribution in [1.29, 1.82) is 0 Å². The molecule has 0 atom stereocenters. The number of carbonyl (C=O) groups excluding carboxylic acids is 2. The normalized spacial score (nSPS) is 14.0. The highest BCUT2D eigenvalue weighted by Crippen LogP contribution is 2.31. The van der Waals surface area contributed by atoms with E-state index in [0.29, 0.717) is 18.8 Å². The molecule has 5 nitrogen and oxygen atoms in total. The molecule has 0 aliphatic carbocycles. The fraction of sp³-hybridized carbons (Fsp3) is 0.310. The average molecular weight is 488 g/mol. The number of hydrogen-bond acceptors (Lipinski definition) is 4. The van der Waals surface area contributed by atoms with Crippen LogP contribution in [0.1, 0.15) is 36.7 Å². The number of anilines is 2. The second-order valence-corrected chi connectivity index (χ2v) is 10.8. The van der Waals surface area contributed by atoms with Gasteiger partial charge in [0, 0.05) is 53.5 Å². The molecule has 3 aromatic rings. The van der Waals surface area contributed by atoms with Crippen LogP contribution in [0.15, 0.2) is 83.8 Å². The van der Waals surface area contributed by atoms with Gasteiger partial charge in [0.15, 0.2) is 0 Å². The zero-order chi connectivity index (χ0) is 24.8. The van der Waals surface area contributed by atoms with Crippen LogP contribution in [0, 0.1) is 5.41 Å². The average Bonchev–Trinajstić information content (AvgIpc) is 2.88. The second kappa shape index (κ2) is 11.0. The molecule has 1 aliphatic heterocycles. The van der Waals surface area contributed by atoms with Crippen LogP contribution in [-0.2, 0) is 10.5 Å². The van der Waals surface area contributed by atoms with Crippen molar-refractivity contribution >= 4 is 35.0 Å². The number of carbonyl (C=O) groups is 2. The van der Waals surface area contributed by atoms with E-state index < -0.39 is 5.41 Å². The van der Waals surface area contributed by atoms with E-state index in [9.17, 15) is 9.59 Å². The van der Waals surface area contributed by atoms with Gasteiger partial charge in [0.2, 0.25) is 5.91 Å². The van der Waals surface area contributed by atoms with Crippen LogP contribution >= 0.6 is 11.8 Å². The van der Waals surface area contributed by atoms with Gasteiger partial charge in [-0.1, -0.05) is 63.2 Å². The Balaban J connectivity index is 1.37. The van der Waals surface area contributed by atoms with Crippen molar-refractivity contribution in [2.24, 2.45) is 5.41 Å². The quantitative estimate of drug-likeness (QED) is 0.438. The van der Waals surface area contributed by atoms with Gasteiger partial charge in [-0.2, -0.15) is 0 Å². The third-order valence-electron chi connectivity index (χ3n) is 6.07. The van der Waals surface area contributed by atoms with Gasteiger partial charge in [0.1, 0.15) is 0 Å². The van der Waals surface area contributed by atoms with Crippen LogP contribution in [0.3, 0.4) is 0 Å². The van der Waals surface area contributed by atoms with E-state index in [4.69, 9.17) is 0 Å². The number of thioether (sulfide) groups is 1. The third kappa shape index (κ3) is 6.45. The third-order valence-corrected chi connectivity index (χ3v) is 7.22. The van der Waals surface area contributed by atoms with Crippen molar-refractivity contribution in [2.75, 3.05) is 36.4 Å². The molecule has 0 unspecified atom stereocenters. The molecule has 35 heavy (non-hydrogen) atoms. The van der Waals surface area contributed by atoms with E-state index in [0.717, 1.165) is 34.8 Å². The zero-order valence-electron chi connectivity index (χ0n) is 20.7. The molecule has 0 saturated carbocycles. The minimum atomic E-state index is -0.459. The Bertz CT molecular complexity index is 1170. The van der Waals surface area contributed by atoms with Gasteiger partial charge in [0.25, 0.3) is 5.91 Å². The first-order valence-corrected chi connectivity index (χ1v) is 13.0. The van der Waals surface area contributed by atoms with E-state index >= 15 is 0 Å². The highest BCUT2D eigenvalue weighted by Gasteiger charge is 2.23. The van der Waals surface area contributed by atoms with Gasteiger partial charge in [-0.25, -0.2) is 0 Å². The molecule has 4 rings (SSSR count). The molecule has 1 saturated heterocycles. The van der Waals surface area contributed by atoms with E-state index in [1.54, 1.807) is 11.8 Å². The summed E-state index contributed by atoms with van der Waals surface area (Å²) in [6, 6.07) is 26.1. The fourth-order valence-corrected chi connectivity index (χ4v) is 4.90. The SMILES string of the molecule is CC(C)(C)C(=O)Nc1ccccc1SCc1cccc(C(=O)N2CCN(c3ccccc3)CC2)c1. The first-order chi connectivity index (χ1) is 16.8. The minimum absolute atomic E-state index is 0.00879. The highest BCUT2D eigenvalue weighted by atomic mass is 32.2. The summed E-state index contributed by atoms with van der Waals surface area (Å²) in [4.78, 5) is 30.9. The Labute approximate surface area is 212 Å². The molecule has 1 heterocycles. The molecule has 2 amide bonds. The molecule has 1 fully saturated rings. The number of rotatable bonds is 6. The standard InChI is InChI=1S/C29H33N3O2S/c1-29(2,3)28(34)30-25-14-7-8-15-26(25)35-21-22-10-9-11-23(20-22)27(33)32-18-16-31(17-19-32)24-12-5-4-6-13-24/h4-15,20H,16-19,21H2,1-3H3,(H,30,34). The molecular weight excluding hydrogens is 454 g/mol. The second-order valence-electron chi connectivity index (χ2n) is 9.80. The molecule has 0 bridgehead atoms. The molecule has 0 radical (unpaired) electrons. The summed E-state index contributed by atoms with van der Waals surface area (Å²) in [5.74, 6) is 0.790. The summed E-state index contributed by atoms with van der Waals surface area (Å²) in [6.07, 6.45) is 0. The predicted octanol–water partition coefficient (Wildman–Crippen LogP) is 5.93. The van der Waals surface area contributed by atoms with Gasteiger partial charge in [-0.3, -0.25) is 9.59 Å². The largest absolute Gasteiger partial charge is 0.368 e. The summed E-state index contributed by atoms with van der Waals surface area (Å²) >= 11 is 1.66. The van der Waals surface area contributed by atoms with Crippen LogP contribution in [-0.4, -0.2) is 42.9 Å². The minimum Gasteiger partial charge on any atom is -0.368 e. The molecule has 3 aromatic carbocycles. The summed E-state index contributed by atoms with van der Waals surface area (Å²) in [5.41, 5.74) is 3.38. The van der Waals surface area contributed by atoms with E-state index in [2.05, 4.69) is 22.3 Å². The first-order valence-electron chi connectivity index (χ1n) is 12.0. The number of amides is 2. The van der Waals surface area contributed by atoms with Crippen LogP contribution in [0.2, 0.25) is 0 Å². The lowest BCUT2D eigenvalue weighted by molar-refractivity contribution is -0.123. The summed E-state index contributed by atoms with van der Waals surface area (Å²) in [6.45, 7) is 8.82. The first kappa shape index (κ1) is 24.9. The molecule has 1 N–H and O–H groups in total. The predicted molar refractivity (Wildman–Crippen MR) is 145 cm³/mol. The highest BCUT2D eigenvalue weighted by molar-refractivity contribution is 7.98. The monoisotopic (exact) mass is 487 g/mol. The lowest BCUT2D eigenvalue weighted by Crippen LogP contribution is -2.48. The van der Waals surface area contributed by atoms with Gasteiger partial charge >= 0.3 is 0 Å². The zero-order valence-corrected chi connectivity index (χ0v) is 21.5. The lowest BCUT2D eigenvalue weighted by Gasteiger charge is -2.36. The number of benzene rings is 3. The number of piperazine rings is 1. The number of hydrogen-bond donors (Lipinski definition) is 1. The Morgan fingerprint density at radius 3 is 2.26 bits per heavy atom. The van der Waals surface area contributed by atoms with Crippen molar-refractivity contribution in [3.05, 3.63) is 90.0 Å². The molecule has 0 spiro atoms. The van der Waals surface area contributed by atoms with Crippen LogP contribution in [0.5, 0.6) is 0 Å². The maximum Gasteiger partial charge on any atom is 0.253 e. The maximum absolute atomic E-state index is 13.2. The Morgan fingerprint density at radius 1 is 0.857 bits per heavy atom. The van der Waals surface area contributed by atoms with Crippen molar-refractivity contribution in [3.63, 3.8) is 0 Å². The van der Waals surface area contributed by atoms with E-state index in [-0.39, 0.29) is 11.8 Å². The van der Waals surface area contributed by atoms with Crippen molar-refractivity contribution in [3.8, 4) is 0 Å². The number of nitrogens with zero attached hydrogens (tertiary/aromatic N) is 2. The molecule has 6 heteroatoms. The van der Waals surface area contributed by atoms with Crippen molar-refractivity contribution < 1.29 is 9.59 Å². The van der Waals surface area contributed by atoms with Crippen LogP contribution < -0.4 is 10.2 Å². The number of nitrogens with one attached hydrogen (secondary N) is 1. The number of para-hydroxylation sites is 2. The van der Waals surface area contributed by atoms with Gasteiger partial charge in [0.05, 0.1) is 5.69 Å². The van der Waals surface area contributed by atoms with Crippen LogP contribution in [0.4, 0.5) is 11.4 Å². The smallest absolute Gasteiger partial charge is 0.253 e. The van der Waals surface area contributed by atoms with Crippen molar-refractivity contribution in [2.45, 2.75) is 31.4 Å². The van der Waals surface area contributed by atoms with E-state index in [1.165, 1.54) is 5.69 Å². The van der Waals surface area contributed by atoms with Gasteiger partial charge < -0.3 is 15.1 Å². The maximum atomic E-state index is 13.2.